The van der Waals surface area contributed by atoms with Gasteiger partial charge in [-0.2, -0.15) is 0 Å². The van der Waals surface area contributed by atoms with Gasteiger partial charge in [0.2, 0.25) is 0 Å². The number of rotatable bonds is 5. The smallest absolute Gasteiger partial charge is 0.341 e. The number of carbonyl (C=O) groups is 1. The molecule has 0 atom stereocenters. The summed E-state index contributed by atoms with van der Waals surface area (Å²) in [7, 11) is 1.56. The van der Waals surface area contributed by atoms with E-state index in [1.54, 1.807) is 7.11 Å². The highest BCUT2D eigenvalue weighted by molar-refractivity contribution is 5.89. The summed E-state index contributed by atoms with van der Waals surface area (Å²) < 4.78 is 22.6. The van der Waals surface area contributed by atoms with Crippen molar-refractivity contribution < 1.29 is 18.7 Å². The average molecular weight is 213 g/mol. The molecule has 15 heavy (non-hydrogen) atoms. The van der Waals surface area contributed by atoms with Gasteiger partial charge in [0, 0.05) is 26.3 Å². The molecule has 0 saturated carbocycles. The van der Waals surface area contributed by atoms with E-state index >= 15 is 0 Å². The van der Waals surface area contributed by atoms with Crippen LogP contribution >= 0.6 is 0 Å². The molecular weight excluding hydrogens is 201 g/mol. The maximum Gasteiger partial charge on any atom is 0.341 e. The number of esters is 1. The lowest BCUT2D eigenvalue weighted by molar-refractivity contribution is 0.0463. The molecule has 0 bridgehead atoms. The maximum absolute atomic E-state index is 13.0. The minimum Gasteiger partial charge on any atom is -0.462 e. The summed E-state index contributed by atoms with van der Waals surface area (Å²) in [5.74, 6) is -1.35. The Morgan fingerprint density at radius 2 is 2.33 bits per heavy atom. The Morgan fingerprint density at radius 1 is 1.53 bits per heavy atom. The summed E-state index contributed by atoms with van der Waals surface area (Å²) in [5, 5.41) is 0. The highest BCUT2D eigenvalue weighted by Gasteiger charge is 2.11. The monoisotopic (exact) mass is 213 g/mol. The lowest BCUT2D eigenvalue weighted by Crippen LogP contribution is -2.09. The molecule has 4 nitrogen and oxygen atoms in total. The Labute approximate surface area is 87.0 Å². The summed E-state index contributed by atoms with van der Waals surface area (Å²) in [4.78, 5) is 14.8. The zero-order valence-corrected chi connectivity index (χ0v) is 8.40. The van der Waals surface area contributed by atoms with E-state index in [0.717, 1.165) is 6.20 Å². The van der Waals surface area contributed by atoms with E-state index < -0.39 is 11.8 Å². The average Bonchev–Trinajstić information content (AvgIpc) is 2.25. The van der Waals surface area contributed by atoms with Gasteiger partial charge < -0.3 is 9.47 Å². The molecule has 0 N–H and O–H groups in total. The van der Waals surface area contributed by atoms with Crippen LogP contribution in [0, 0.1) is 5.82 Å². The van der Waals surface area contributed by atoms with Crippen molar-refractivity contribution >= 4 is 5.97 Å². The summed E-state index contributed by atoms with van der Waals surface area (Å²) >= 11 is 0. The Morgan fingerprint density at radius 3 is 3.00 bits per heavy atom. The lowest BCUT2D eigenvalue weighted by atomic mass is 10.2. The fourth-order valence-corrected chi connectivity index (χ4v) is 0.987. The van der Waals surface area contributed by atoms with Gasteiger partial charge in [0.1, 0.15) is 0 Å². The molecule has 0 fully saturated rings. The molecule has 0 saturated heterocycles. The molecule has 1 rings (SSSR count). The molecule has 0 radical (unpaired) electrons. The third-order valence-corrected chi connectivity index (χ3v) is 1.72. The van der Waals surface area contributed by atoms with Crippen LogP contribution in [-0.4, -0.2) is 31.3 Å². The van der Waals surface area contributed by atoms with E-state index in [1.807, 2.05) is 0 Å². The Balaban J connectivity index is 2.44. The van der Waals surface area contributed by atoms with Crippen LogP contribution in [0.2, 0.25) is 0 Å². The molecule has 0 aromatic carbocycles. The summed E-state index contributed by atoms with van der Waals surface area (Å²) in [6.45, 7) is 0.723. The Bertz CT molecular complexity index is 330. The van der Waals surface area contributed by atoms with Crippen LogP contribution in [0.3, 0.4) is 0 Å². The second-order valence-corrected chi connectivity index (χ2v) is 2.84. The van der Waals surface area contributed by atoms with Gasteiger partial charge in [0.05, 0.1) is 18.4 Å². The van der Waals surface area contributed by atoms with Crippen molar-refractivity contribution in [1.29, 1.82) is 0 Å². The van der Waals surface area contributed by atoms with Crippen LogP contribution in [-0.2, 0) is 9.47 Å². The molecule has 1 aromatic heterocycles. The third-order valence-electron chi connectivity index (χ3n) is 1.72. The van der Waals surface area contributed by atoms with E-state index in [9.17, 15) is 9.18 Å². The normalized spacial score (nSPS) is 10.0. The van der Waals surface area contributed by atoms with Gasteiger partial charge in [-0.3, -0.25) is 4.98 Å². The first-order chi connectivity index (χ1) is 7.25. The maximum atomic E-state index is 13.0. The summed E-state index contributed by atoms with van der Waals surface area (Å²) in [6.07, 6.45) is 2.91. The quantitative estimate of drug-likeness (QED) is 0.548. The second kappa shape index (κ2) is 6.08. The highest BCUT2D eigenvalue weighted by Crippen LogP contribution is 2.06. The summed E-state index contributed by atoms with van der Waals surface area (Å²) in [6, 6.07) is 1.29. The molecule has 5 heteroatoms. The molecular formula is C10H12FNO3. The number of nitrogens with zero attached hydrogens (tertiary/aromatic N) is 1. The van der Waals surface area contributed by atoms with Crippen molar-refractivity contribution in [1.82, 2.24) is 4.98 Å². The van der Waals surface area contributed by atoms with E-state index in [2.05, 4.69) is 4.98 Å². The molecule has 0 aliphatic heterocycles. The first-order valence-electron chi connectivity index (χ1n) is 4.51. The number of methoxy groups -OCH3 is 1. The Hall–Kier alpha value is -1.49. The van der Waals surface area contributed by atoms with Crippen LogP contribution < -0.4 is 0 Å². The molecule has 1 aromatic rings. The minimum absolute atomic E-state index is 0.0950. The number of hydrogen-bond acceptors (Lipinski definition) is 4. The zero-order chi connectivity index (χ0) is 11.1. The standard InChI is InChI=1S/C10H12FNO3/c1-14-5-2-6-15-10(13)8-3-4-12-7-9(8)11/h3-4,7H,2,5-6H2,1H3. The van der Waals surface area contributed by atoms with Gasteiger partial charge in [-0.25, -0.2) is 9.18 Å². The fourth-order valence-electron chi connectivity index (χ4n) is 0.987. The molecule has 0 spiro atoms. The first-order valence-corrected chi connectivity index (χ1v) is 4.51. The molecule has 0 aliphatic rings. The molecule has 0 amide bonds. The minimum atomic E-state index is -0.675. The SMILES string of the molecule is COCCCOC(=O)c1ccncc1F. The van der Waals surface area contributed by atoms with Gasteiger partial charge in [-0.15, -0.1) is 0 Å². The number of pyridine rings is 1. The van der Waals surface area contributed by atoms with Gasteiger partial charge in [-0.05, 0) is 6.07 Å². The first kappa shape index (κ1) is 11.6. The summed E-state index contributed by atoms with van der Waals surface area (Å²) in [5.41, 5.74) is -0.0950. The van der Waals surface area contributed by atoms with Crippen molar-refractivity contribution in [2.24, 2.45) is 0 Å². The number of halogens is 1. The van der Waals surface area contributed by atoms with Gasteiger partial charge >= 0.3 is 5.97 Å². The van der Waals surface area contributed by atoms with Crippen molar-refractivity contribution in [3.05, 3.63) is 29.8 Å². The third kappa shape index (κ3) is 3.63. The second-order valence-electron chi connectivity index (χ2n) is 2.84. The van der Waals surface area contributed by atoms with E-state index in [-0.39, 0.29) is 12.2 Å². The van der Waals surface area contributed by atoms with Crippen molar-refractivity contribution in [2.75, 3.05) is 20.3 Å². The molecule has 82 valence electrons. The van der Waals surface area contributed by atoms with Crippen molar-refractivity contribution in [3.63, 3.8) is 0 Å². The van der Waals surface area contributed by atoms with Gasteiger partial charge in [0.15, 0.2) is 5.82 Å². The largest absolute Gasteiger partial charge is 0.462 e. The van der Waals surface area contributed by atoms with E-state index in [1.165, 1.54) is 12.3 Å². The van der Waals surface area contributed by atoms with Crippen LogP contribution in [0.4, 0.5) is 4.39 Å². The van der Waals surface area contributed by atoms with Crippen LogP contribution in [0.25, 0.3) is 0 Å². The zero-order valence-electron chi connectivity index (χ0n) is 8.40. The fraction of sp³-hybridized carbons (Fsp3) is 0.400. The number of hydrogen-bond donors (Lipinski definition) is 0. The van der Waals surface area contributed by atoms with Gasteiger partial charge in [-0.1, -0.05) is 0 Å². The number of ether oxygens (including phenoxy) is 2. The Kier molecular flexibility index (Phi) is 4.70. The molecule has 1 heterocycles. The van der Waals surface area contributed by atoms with Gasteiger partial charge in [0.25, 0.3) is 0 Å². The van der Waals surface area contributed by atoms with Crippen molar-refractivity contribution in [3.8, 4) is 0 Å². The predicted octanol–water partition coefficient (Wildman–Crippen LogP) is 1.41. The topological polar surface area (TPSA) is 48.4 Å². The number of carbonyl (C=O) groups excluding carboxylic acids is 1. The van der Waals surface area contributed by atoms with Crippen molar-refractivity contribution in [2.45, 2.75) is 6.42 Å². The van der Waals surface area contributed by atoms with Crippen LogP contribution in [0.5, 0.6) is 0 Å². The number of aromatic nitrogens is 1. The van der Waals surface area contributed by atoms with Crippen LogP contribution in [0.1, 0.15) is 16.8 Å². The predicted molar refractivity (Wildman–Crippen MR) is 51.0 cm³/mol. The van der Waals surface area contributed by atoms with E-state index in [0.29, 0.717) is 13.0 Å². The lowest BCUT2D eigenvalue weighted by Gasteiger charge is -2.04. The van der Waals surface area contributed by atoms with Crippen LogP contribution in [0.15, 0.2) is 18.5 Å². The molecule has 0 unspecified atom stereocenters. The van der Waals surface area contributed by atoms with E-state index in [4.69, 9.17) is 9.47 Å². The molecule has 0 aliphatic carbocycles. The highest BCUT2D eigenvalue weighted by atomic mass is 19.1.